The summed E-state index contributed by atoms with van der Waals surface area (Å²) in [7, 11) is 0. The highest BCUT2D eigenvalue weighted by Gasteiger charge is 2.38. The Morgan fingerprint density at radius 3 is 2.50 bits per heavy atom. The van der Waals surface area contributed by atoms with Crippen LogP contribution < -0.4 is 5.32 Å². The summed E-state index contributed by atoms with van der Waals surface area (Å²) in [6.07, 6.45) is 5.55. The zero-order valence-corrected chi connectivity index (χ0v) is 12.8. The summed E-state index contributed by atoms with van der Waals surface area (Å²) < 4.78 is 1.82. The van der Waals surface area contributed by atoms with E-state index in [1.807, 2.05) is 28.9 Å². The topological polar surface area (TPSA) is 42.2 Å². The zero-order valence-electron chi connectivity index (χ0n) is 12.8. The second-order valence-electron chi connectivity index (χ2n) is 7.69. The molecule has 1 fully saturated rings. The number of aromatic nitrogens is 3. The third-order valence-corrected chi connectivity index (χ3v) is 4.13. The minimum absolute atomic E-state index is 0.374. The van der Waals surface area contributed by atoms with Crippen LogP contribution in [0.15, 0.2) is 24.4 Å². The van der Waals surface area contributed by atoms with Crippen molar-refractivity contribution in [2.24, 2.45) is 10.8 Å². The summed E-state index contributed by atoms with van der Waals surface area (Å²) in [5, 5.41) is 8.04. The van der Waals surface area contributed by atoms with Gasteiger partial charge in [0.1, 0.15) is 0 Å². The van der Waals surface area contributed by atoms with Crippen molar-refractivity contribution in [2.75, 3.05) is 5.32 Å². The number of fused-ring (bicyclic) bond motifs is 1. The van der Waals surface area contributed by atoms with Crippen LogP contribution in [0.2, 0.25) is 0 Å². The Morgan fingerprint density at radius 1 is 1.15 bits per heavy atom. The van der Waals surface area contributed by atoms with Gasteiger partial charge >= 0.3 is 0 Å². The minimum Gasteiger partial charge on any atom is -0.350 e. The highest BCUT2D eigenvalue weighted by Crippen LogP contribution is 2.46. The van der Waals surface area contributed by atoms with E-state index in [4.69, 9.17) is 0 Å². The normalized spacial score (nSPS) is 22.0. The van der Waals surface area contributed by atoms with Crippen molar-refractivity contribution in [3.8, 4) is 0 Å². The van der Waals surface area contributed by atoms with Gasteiger partial charge < -0.3 is 5.32 Å². The average Bonchev–Trinajstić information content (AvgIpc) is 2.66. The minimum atomic E-state index is 0.374. The molecule has 2 aromatic heterocycles. The van der Waals surface area contributed by atoms with E-state index in [1.165, 1.54) is 19.3 Å². The van der Waals surface area contributed by atoms with Gasteiger partial charge in [-0.1, -0.05) is 33.8 Å². The molecular weight excluding hydrogens is 248 g/mol. The Hall–Kier alpha value is -1.58. The van der Waals surface area contributed by atoms with Crippen molar-refractivity contribution in [3.05, 3.63) is 24.4 Å². The van der Waals surface area contributed by atoms with Crippen LogP contribution in [0.4, 0.5) is 5.95 Å². The van der Waals surface area contributed by atoms with Crippen molar-refractivity contribution in [3.63, 3.8) is 0 Å². The Morgan fingerprint density at radius 2 is 1.85 bits per heavy atom. The van der Waals surface area contributed by atoms with Crippen molar-refractivity contribution in [1.82, 2.24) is 14.6 Å². The number of rotatable bonds is 2. The van der Waals surface area contributed by atoms with E-state index in [0.717, 1.165) is 11.6 Å². The van der Waals surface area contributed by atoms with E-state index >= 15 is 0 Å². The van der Waals surface area contributed by atoms with Crippen LogP contribution in [0.25, 0.3) is 5.65 Å². The maximum absolute atomic E-state index is 4.54. The molecule has 20 heavy (non-hydrogen) atoms. The molecule has 4 nitrogen and oxygen atoms in total. The van der Waals surface area contributed by atoms with Crippen LogP contribution >= 0.6 is 0 Å². The molecule has 2 heterocycles. The summed E-state index contributed by atoms with van der Waals surface area (Å²) in [5.41, 5.74) is 1.64. The molecule has 108 valence electrons. The van der Waals surface area contributed by atoms with Crippen molar-refractivity contribution < 1.29 is 0 Å². The van der Waals surface area contributed by atoms with Gasteiger partial charge in [0, 0.05) is 12.2 Å². The summed E-state index contributed by atoms with van der Waals surface area (Å²) in [5.74, 6) is 0.745. The maximum atomic E-state index is 4.54. The molecule has 1 N–H and O–H groups in total. The van der Waals surface area contributed by atoms with Gasteiger partial charge in [-0.05, 0) is 42.2 Å². The molecule has 1 aliphatic rings. The lowest BCUT2D eigenvalue weighted by atomic mass is 9.63. The molecule has 0 atom stereocenters. The zero-order chi connectivity index (χ0) is 14.4. The van der Waals surface area contributed by atoms with Crippen LogP contribution in [-0.2, 0) is 0 Å². The number of hydrogen-bond donors (Lipinski definition) is 1. The van der Waals surface area contributed by atoms with E-state index in [2.05, 4.69) is 43.1 Å². The van der Waals surface area contributed by atoms with Crippen molar-refractivity contribution in [1.29, 1.82) is 0 Å². The summed E-state index contributed by atoms with van der Waals surface area (Å²) in [6.45, 7) is 9.44. The molecule has 0 radical (unpaired) electrons. The first-order chi connectivity index (χ1) is 9.33. The molecule has 3 rings (SSSR count). The highest BCUT2D eigenvalue weighted by atomic mass is 15.3. The van der Waals surface area contributed by atoms with E-state index in [1.54, 1.807) is 0 Å². The molecule has 0 unspecified atom stereocenters. The Bertz CT molecular complexity index is 563. The van der Waals surface area contributed by atoms with Gasteiger partial charge in [0.05, 0.1) is 0 Å². The number of hydrogen-bond acceptors (Lipinski definition) is 3. The SMILES string of the molecule is CC1(C)CC(Nc2nc3ccccn3n2)CC(C)(C)C1. The quantitative estimate of drug-likeness (QED) is 0.905. The summed E-state index contributed by atoms with van der Waals surface area (Å²) in [6, 6.07) is 6.39. The third kappa shape index (κ3) is 2.79. The molecule has 4 heteroatoms. The number of anilines is 1. The largest absolute Gasteiger partial charge is 0.350 e. The highest BCUT2D eigenvalue weighted by molar-refractivity contribution is 5.43. The van der Waals surface area contributed by atoms with Gasteiger partial charge in [-0.25, -0.2) is 4.52 Å². The molecule has 1 saturated carbocycles. The van der Waals surface area contributed by atoms with Gasteiger partial charge in [0.2, 0.25) is 5.95 Å². The first-order valence-corrected chi connectivity index (χ1v) is 7.41. The fourth-order valence-electron chi connectivity index (χ4n) is 4.02. The van der Waals surface area contributed by atoms with E-state index in [9.17, 15) is 0 Å². The molecule has 0 saturated heterocycles. The fourth-order valence-corrected chi connectivity index (χ4v) is 4.02. The van der Waals surface area contributed by atoms with Crippen LogP contribution in [0.1, 0.15) is 47.0 Å². The molecule has 1 aliphatic carbocycles. The third-order valence-electron chi connectivity index (χ3n) is 4.13. The molecule has 2 aromatic rings. The van der Waals surface area contributed by atoms with Crippen LogP contribution in [0, 0.1) is 10.8 Å². The van der Waals surface area contributed by atoms with E-state index in [0.29, 0.717) is 16.9 Å². The second kappa shape index (κ2) is 4.47. The van der Waals surface area contributed by atoms with E-state index < -0.39 is 0 Å². The van der Waals surface area contributed by atoms with Gasteiger partial charge in [0.25, 0.3) is 0 Å². The summed E-state index contributed by atoms with van der Waals surface area (Å²) >= 11 is 0. The van der Waals surface area contributed by atoms with E-state index in [-0.39, 0.29) is 0 Å². The van der Waals surface area contributed by atoms with Crippen LogP contribution in [0.3, 0.4) is 0 Å². The number of nitrogens with zero attached hydrogens (tertiary/aromatic N) is 3. The lowest BCUT2D eigenvalue weighted by Crippen LogP contribution is -2.40. The van der Waals surface area contributed by atoms with Gasteiger partial charge in [-0.3, -0.25) is 0 Å². The molecule has 0 bridgehead atoms. The molecule has 0 spiro atoms. The standard InChI is InChI=1S/C16H24N4/c1-15(2)9-12(10-16(3,4)11-15)17-14-18-13-7-5-6-8-20(13)19-14/h5-8,12H,9-11H2,1-4H3,(H,17,19). The van der Waals surface area contributed by atoms with Gasteiger partial charge in [-0.2, -0.15) is 4.98 Å². The Labute approximate surface area is 120 Å². The Kier molecular flexibility index (Phi) is 3.00. The van der Waals surface area contributed by atoms with Crippen LogP contribution in [0.5, 0.6) is 0 Å². The monoisotopic (exact) mass is 272 g/mol. The predicted octanol–water partition coefficient (Wildman–Crippen LogP) is 3.75. The lowest BCUT2D eigenvalue weighted by molar-refractivity contribution is 0.105. The molecular formula is C16H24N4. The molecule has 0 aromatic carbocycles. The smallest absolute Gasteiger partial charge is 0.243 e. The fraction of sp³-hybridized carbons (Fsp3) is 0.625. The number of pyridine rings is 1. The Balaban J connectivity index is 1.79. The summed E-state index contributed by atoms with van der Waals surface area (Å²) in [4.78, 5) is 4.54. The van der Waals surface area contributed by atoms with Crippen LogP contribution in [-0.4, -0.2) is 20.6 Å². The number of nitrogens with one attached hydrogen (secondary N) is 1. The lowest BCUT2D eigenvalue weighted by Gasteiger charge is -2.45. The maximum Gasteiger partial charge on any atom is 0.243 e. The first-order valence-electron chi connectivity index (χ1n) is 7.41. The molecule has 0 amide bonds. The average molecular weight is 272 g/mol. The van der Waals surface area contributed by atoms with Crippen molar-refractivity contribution in [2.45, 2.75) is 53.0 Å². The van der Waals surface area contributed by atoms with Gasteiger partial charge in [0.15, 0.2) is 5.65 Å². The molecule has 0 aliphatic heterocycles. The first kappa shape index (κ1) is 13.4. The second-order valence-corrected chi connectivity index (χ2v) is 7.69. The van der Waals surface area contributed by atoms with Crippen molar-refractivity contribution >= 4 is 11.6 Å². The van der Waals surface area contributed by atoms with Gasteiger partial charge in [-0.15, -0.1) is 5.10 Å². The predicted molar refractivity (Wildman–Crippen MR) is 81.8 cm³/mol.